The Bertz CT molecular complexity index is 699. The quantitative estimate of drug-likeness (QED) is 0.674. The lowest BCUT2D eigenvalue weighted by molar-refractivity contribution is 1.22. The van der Waals surface area contributed by atoms with E-state index in [1.54, 1.807) is 0 Å². The van der Waals surface area contributed by atoms with Crippen molar-refractivity contribution in [1.82, 2.24) is 9.97 Å². The van der Waals surface area contributed by atoms with E-state index in [0.29, 0.717) is 0 Å². The second-order valence-electron chi connectivity index (χ2n) is 5.28. The maximum absolute atomic E-state index is 4.49. The molecule has 3 aromatic rings. The molecule has 0 aliphatic rings. The standard InChI is InChI=1S/C19H18N2/c1-13-14(2)16(18-8-4-6-10-20-18)12-17(15(13)3)19-9-5-7-11-21-19/h4-12H,1-3H3. The van der Waals surface area contributed by atoms with E-state index in [9.17, 15) is 0 Å². The van der Waals surface area contributed by atoms with E-state index in [-0.39, 0.29) is 0 Å². The highest BCUT2D eigenvalue weighted by molar-refractivity contribution is 5.76. The van der Waals surface area contributed by atoms with Gasteiger partial charge in [-0.1, -0.05) is 12.1 Å². The zero-order chi connectivity index (χ0) is 14.8. The van der Waals surface area contributed by atoms with E-state index in [1.165, 1.54) is 27.8 Å². The fraction of sp³-hybridized carbons (Fsp3) is 0.158. The number of aromatic nitrogens is 2. The van der Waals surface area contributed by atoms with Crippen molar-refractivity contribution in [3.63, 3.8) is 0 Å². The summed E-state index contributed by atoms with van der Waals surface area (Å²) in [6.45, 7) is 6.49. The first-order valence-electron chi connectivity index (χ1n) is 7.12. The lowest BCUT2D eigenvalue weighted by atomic mass is 9.91. The molecule has 0 unspecified atom stereocenters. The fourth-order valence-corrected chi connectivity index (χ4v) is 2.62. The van der Waals surface area contributed by atoms with Crippen molar-refractivity contribution in [3.05, 3.63) is 71.5 Å². The molecule has 0 bridgehead atoms. The highest BCUT2D eigenvalue weighted by Crippen LogP contribution is 2.33. The van der Waals surface area contributed by atoms with Crippen molar-refractivity contribution in [3.8, 4) is 22.5 Å². The van der Waals surface area contributed by atoms with Crippen LogP contribution in [0, 0.1) is 20.8 Å². The van der Waals surface area contributed by atoms with Crippen molar-refractivity contribution in [2.75, 3.05) is 0 Å². The molecule has 104 valence electrons. The average molecular weight is 274 g/mol. The first kappa shape index (κ1) is 13.5. The number of hydrogen-bond donors (Lipinski definition) is 0. The fourth-order valence-electron chi connectivity index (χ4n) is 2.62. The van der Waals surface area contributed by atoms with Gasteiger partial charge in [-0.2, -0.15) is 0 Å². The van der Waals surface area contributed by atoms with Gasteiger partial charge in [-0.15, -0.1) is 0 Å². The molecule has 0 aliphatic carbocycles. The van der Waals surface area contributed by atoms with Gasteiger partial charge in [0.2, 0.25) is 0 Å². The lowest BCUT2D eigenvalue weighted by Crippen LogP contribution is -1.97. The molecule has 0 atom stereocenters. The van der Waals surface area contributed by atoms with Crippen LogP contribution in [0.15, 0.2) is 54.9 Å². The summed E-state index contributed by atoms with van der Waals surface area (Å²) in [5.41, 5.74) is 8.25. The Kier molecular flexibility index (Phi) is 3.53. The average Bonchev–Trinajstić information content (AvgIpc) is 2.55. The third kappa shape index (κ3) is 2.45. The van der Waals surface area contributed by atoms with Crippen molar-refractivity contribution >= 4 is 0 Å². The number of pyridine rings is 2. The summed E-state index contributed by atoms with van der Waals surface area (Å²) in [7, 11) is 0. The summed E-state index contributed by atoms with van der Waals surface area (Å²) in [5, 5.41) is 0. The van der Waals surface area contributed by atoms with E-state index in [2.05, 4.69) is 48.9 Å². The molecule has 0 saturated heterocycles. The molecule has 0 aliphatic heterocycles. The smallest absolute Gasteiger partial charge is 0.0704 e. The molecule has 0 spiro atoms. The predicted molar refractivity (Wildman–Crippen MR) is 87.1 cm³/mol. The van der Waals surface area contributed by atoms with Gasteiger partial charge >= 0.3 is 0 Å². The molecule has 2 aromatic heterocycles. The van der Waals surface area contributed by atoms with E-state index in [0.717, 1.165) is 11.4 Å². The first-order valence-corrected chi connectivity index (χ1v) is 7.12. The normalized spacial score (nSPS) is 10.6. The highest BCUT2D eigenvalue weighted by Gasteiger charge is 2.13. The molecule has 2 nitrogen and oxygen atoms in total. The van der Waals surface area contributed by atoms with Crippen molar-refractivity contribution in [2.24, 2.45) is 0 Å². The Morgan fingerprint density at radius 3 is 1.48 bits per heavy atom. The number of rotatable bonds is 2. The van der Waals surface area contributed by atoms with Crippen LogP contribution in [0.25, 0.3) is 22.5 Å². The Morgan fingerprint density at radius 2 is 1.10 bits per heavy atom. The lowest BCUT2D eigenvalue weighted by Gasteiger charge is -2.15. The van der Waals surface area contributed by atoms with E-state index in [1.807, 2.05) is 36.7 Å². The molecular weight excluding hydrogens is 256 g/mol. The number of nitrogens with zero attached hydrogens (tertiary/aromatic N) is 2. The highest BCUT2D eigenvalue weighted by atomic mass is 14.7. The van der Waals surface area contributed by atoms with Gasteiger partial charge in [-0.25, -0.2) is 0 Å². The summed E-state index contributed by atoms with van der Waals surface area (Å²) < 4.78 is 0. The van der Waals surface area contributed by atoms with Crippen LogP contribution in [0.1, 0.15) is 16.7 Å². The molecule has 21 heavy (non-hydrogen) atoms. The Morgan fingerprint density at radius 1 is 0.619 bits per heavy atom. The van der Waals surface area contributed by atoms with Gasteiger partial charge in [-0.05, 0) is 67.8 Å². The zero-order valence-electron chi connectivity index (χ0n) is 12.6. The molecule has 0 radical (unpaired) electrons. The van der Waals surface area contributed by atoms with Crippen LogP contribution < -0.4 is 0 Å². The van der Waals surface area contributed by atoms with Crippen LogP contribution in [0.2, 0.25) is 0 Å². The van der Waals surface area contributed by atoms with E-state index in [4.69, 9.17) is 0 Å². The molecule has 3 rings (SSSR count). The van der Waals surface area contributed by atoms with Crippen LogP contribution in [-0.4, -0.2) is 9.97 Å². The van der Waals surface area contributed by atoms with Gasteiger partial charge in [0.1, 0.15) is 0 Å². The number of benzene rings is 1. The summed E-state index contributed by atoms with van der Waals surface area (Å²) in [5.74, 6) is 0. The maximum Gasteiger partial charge on any atom is 0.0704 e. The summed E-state index contributed by atoms with van der Waals surface area (Å²) >= 11 is 0. The largest absolute Gasteiger partial charge is 0.256 e. The number of hydrogen-bond acceptors (Lipinski definition) is 2. The third-order valence-electron chi connectivity index (χ3n) is 4.10. The van der Waals surface area contributed by atoms with Crippen molar-refractivity contribution < 1.29 is 0 Å². The summed E-state index contributed by atoms with van der Waals surface area (Å²) in [4.78, 5) is 8.99. The molecule has 0 N–H and O–H groups in total. The zero-order valence-corrected chi connectivity index (χ0v) is 12.6. The van der Waals surface area contributed by atoms with Gasteiger partial charge in [0.05, 0.1) is 11.4 Å². The minimum atomic E-state index is 1.01. The van der Waals surface area contributed by atoms with Gasteiger partial charge < -0.3 is 0 Å². The molecular formula is C19H18N2. The van der Waals surface area contributed by atoms with Gasteiger partial charge in [0, 0.05) is 23.5 Å². The monoisotopic (exact) mass is 274 g/mol. The van der Waals surface area contributed by atoms with Gasteiger partial charge in [0.15, 0.2) is 0 Å². The topological polar surface area (TPSA) is 25.8 Å². The Hall–Kier alpha value is -2.48. The summed E-state index contributed by atoms with van der Waals surface area (Å²) in [6, 6.07) is 14.3. The maximum atomic E-state index is 4.49. The second kappa shape index (κ2) is 5.49. The van der Waals surface area contributed by atoms with Crippen LogP contribution in [0.3, 0.4) is 0 Å². The van der Waals surface area contributed by atoms with Gasteiger partial charge in [-0.3, -0.25) is 9.97 Å². The Labute approximate surface area is 125 Å². The predicted octanol–water partition coefficient (Wildman–Crippen LogP) is 4.74. The van der Waals surface area contributed by atoms with Crippen molar-refractivity contribution in [2.45, 2.75) is 20.8 Å². The molecule has 0 saturated carbocycles. The van der Waals surface area contributed by atoms with E-state index < -0.39 is 0 Å². The van der Waals surface area contributed by atoms with Crippen molar-refractivity contribution in [1.29, 1.82) is 0 Å². The summed E-state index contributed by atoms with van der Waals surface area (Å²) in [6.07, 6.45) is 3.68. The SMILES string of the molecule is Cc1c(-c2ccccn2)cc(-c2ccccn2)c(C)c1C. The third-order valence-corrected chi connectivity index (χ3v) is 4.10. The molecule has 1 aromatic carbocycles. The minimum absolute atomic E-state index is 1.01. The second-order valence-corrected chi connectivity index (χ2v) is 5.28. The Balaban J connectivity index is 2.26. The molecule has 2 heterocycles. The van der Waals surface area contributed by atoms with Crippen LogP contribution in [0.4, 0.5) is 0 Å². The molecule has 2 heteroatoms. The molecule has 0 fully saturated rings. The molecule has 0 amide bonds. The van der Waals surface area contributed by atoms with E-state index >= 15 is 0 Å². The van der Waals surface area contributed by atoms with Crippen LogP contribution >= 0.6 is 0 Å². The van der Waals surface area contributed by atoms with Crippen LogP contribution in [-0.2, 0) is 0 Å². The minimum Gasteiger partial charge on any atom is -0.256 e. The van der Waals surface area contributed by atoms with Crippen LogP contribution in [0.5, 0.6) is 0 Å². The first-order chi connectivity index (χ1) is 10.2. The van der Waals surface area contributed by atoms with Gasteiger partial charge in [0.25, 0.3) is 0 Å².